The number of amides is 1. The second-order valence-electron chi connectivity index (χ2n) is 5.89. The van der Waals surface area contributed by atoms with E-state index in [9.17, 15) is 14.7 Å². The van der Waals surface area contributed by atoms with Gasteiger partial charge in [-0.15, -0.1) is 0 Å². The fourth-order valence-corrected chi connectivity index (χ4v) is 2.98. The number of rotatable bonds is 7. The van der Waals surface area contributed by atoms with Crippen LogP contribution in [0.1, 0.15) is 58.8 Å². The standard InChI is InChI=1S/C15H27NO3/c1-4-15(5-2,14(18)19)10-13(17)16(3)11-12-8-6-7-9-12/h12H,4-11H2,1-3H3,(H,18,19). The maximum absolute atomic E-state index is 12.2. The lowest BCUT2D eigenvalue weighted by Gasteiger charge is -2.29. The Morgan fingerprint density at radius 2 is 1.74 bits per heavy atom. The summed E-state index contributed by atoms with van der Waals surface area (Å²) in [7, 11) is 1.80. The second-order valence-corrected chi connectivity index (χ2v) is 5.89. The summed E-state index contributed by atoms with van der Waals surface area (Å²) in [6.45, 7) is 4.48. The molecule has 4 heteroatoms. The lowest BCUT2D eigenvalue weighted by atomic mass is 9.79. The Morgan fingerprint density at radius 3 is 2.16 bits per heavy atom. The van der Waals surface area contributed by atoms with Crippen LogP contribution in [0.3, 0.4) is 0 Å². The number of carboxylic acid groups (broad SMARTS) is 1. The molecule has 0 unspecified atom stereocenters. The van der Waals surface area contributed by atoms with Crippen LogP contribution in [0, 0.1) is 11.3 Å². The summed E-state index contributed by atoms with van der Waals surface area (Å²) in [4.78, 5) is 25.4. The molecule has 0 atom stereocenters. The van der Waals surface area contributed by atoms with Crippen molar-refractivity contribution in [2.75, 3.05) is 13.6 Å². The first-order chi connectivity index (χ1) is 8.95. The maximum atomic E-state index is 12.2. The van der Waals surface area contributed by atoms with Gasteiger partial charge in [0.05, 0.1) is 5.41 Å². The van der Waals surface area contributed by atoms with E-state index in [0.29, 0.717) is 18.8 Å². The van der Waals surface area contributed by atoms with Crippen LogP contribution in [-0.2, 0) is 9.59 Å². The number of carbonyl (C=O) groups excluding carboxylic acids is 1. The third-order valence-electron chi connectivity index (χ3n) is 4.73. The molecule has 1 amide bonds. The minimum absolute atomic E-state index is 0.0296. The predicted octanol–water partition coefficient (Wildman–Crippen LogP) is 2.92. The Hall–Kier alpha value is -1.06. The van der Waals surface area contributed by atoms with Crippen molar-refractivity contribution in [2.45, 2.75) is 58.8 Å². The van der Waals surface area contributed by atoms with E-state index >= 15 is 0 Å². The Kier molecular flexibility index (Phi) is 5.83. The average Bonchev–Trinajstić information content (AvgIpc) is 2.88. The highest BCUT2D eigenvalue weighted by Gasteiger charge is 2.38. The molecular weight excluding hydrogens is 242 g/mol. The largest absolute Gasteiger partial charge is 0.481 e. The molecule has 1 N–H and O–H groups in total. The molecule has 0 radical (unpaired) electrons. The molecule has 0 saturated heterocycles. The third-order valence-corrected chi connectivity index (χ3v) is 4.73. The Labute approximate surface area is 116 Å². The van der Waals surface area contributed by atoms with Gasteiger partial charge in [-0.2, -0.15) is 0 Å². The smallest absolute Gasteiger partial charge is 0.310 e. The Balaban J connectivity index is 2.58. The fourth-order valence-electron chi connectivity index (χ4n) is 2.98. The van der Waals surface area contributed by atoms with E-state index in [1.54, 1.807) is 11.9 Å². The Morgan fingerprint density at radius 1 is 1.21 bits per heavy atom. The zero-order valence-electron chi connectivity index (χ0n) is 12.4. The van der Waals surface area contributed by atoms with Crippen molar-refractivity contribution in [3.63, 3.8) is 0 Å². The number of carbonyl (C=O) groups is 2. The minimum Gasteiger partial charge on any atom is -0.481 e. The lowest BCUT2D eigenvalue weighted by molar-refractivity contribution is -0.154. The van der Waals surface area contributed by atoms with Crippen molar-refractivity contribution in [1.82, 2.24) is 4.90 Å². The summed E-state index contributed by atoms with van der Waals surface area (Å²) in [5, 5.41) is 9.37. The van der Waals surface area contributed by atoms with Crippen molar-refractivity contribution in [3.8, 4) is 0 Å². The second kappa shape index (κ2) is 6.92. The van der Waals surface area contributed by atoms with Crippen molar-refractivity contribution in [3.05, 3.63) is 0 Å². The molecule has 0 bridgehead atoms. The topological polar surface area (TPSA) is 57.6 Å². The molecule has 0 aromatic carbocycles. The van der Waals surface area contributed by atoms with E-state index < -0.39 is 11.4 Å². The number of carboxylic acids is 1. The fraction of sp³-hybridized carbons (Fsp3) is 0.867. The molecule has 1 aliphatic carbocycles. The monoisotopic (exact) mass is 269 g/mol. The Bertz CT molecular complexity index is 317. The van der Waals surface area contributed by atoms with Gasteiger partial charge in [-0.25, -0.2) is 0 Å². The van der Waals surface area contributed by atoms with Gasteiger partial charge in [-0.05, 0) is 31.6 Å². The van der Waals surface area contributed by atoms with Crippen molar-refractivity contribution in [1.29, 1.82) is 0 Å². The maximum Gasteiger partial charge on any atom is 0.310 e. The van der Waals surface area contributed by atoms with E-state index in [4.69, 9.17) is 0 Å². The molecule has 0 aromatic rings. The van der Waals surface area contributed by atoms with Crippen LogP contribution in [0.4, 0.5) is 0 Å². The zero-order chi connectivity index (χ0) is 14.5. The van der Waals surface area contributed by atoms with Gasteiger partial charge in [0.25, 0.3) is 0 Å². The van der Waals surface area contributed by atoms with Gasteiger partial charge >= 0.3 is 5.97 Å². The molecule has 1 saturated carbocycles. The predicted molar refractivity (Wildman–Crippen MR) is 74.9 cm³/mol. The highest BCUT2D eigenvalue weighted by molar-refractivity contribution is 5.84. The van der Waals surface area contributed by atoms with Crippen LogP contribution in [0.2, 0.25) is 0 Å². The summed E-state index contributed by atoms with van der Waals surface area (Å²) < 4.78 is 0. The molecule has 0 aromatic heterocycles. The van der Waals surface area contributed by atoms with Crippen LogP contribution in [0.5, 0.6) is 0 Å². The van der Waals surface area contributed by atoms with E-state index in [1.807, 2.05) is 13.8 Å². The number of hydrogen-bond acceptors (Lipinski definition) is 2. The van der Waals surface area contributed by atoms with Gasteiger partial charge in [-0.1, -0.05) is 26.7 Å². The first kappa shape index (κ1) is 16.0. The highest BCUT2D eigenvalue weighted by Crippen LogP contribution is 2.32. The van der Waals surface area contributed by atoms with Crippen LogP contribution >= 0.6 is 0 Å². The zero-order valence-corrected chi connectivity index (χ0v) is 12.4. The SMILES string of the molecule is CCC(CC)(CC(=O)N(C)CC1CCCC1)C(=O)O. The molecule has 0 aliphatic heterocycles. The molecule has 19 heavy (non-hydrogen) atoms. The van der Waals surface area contributed by atoms with E-state index in [0.717, 1.165) is 6.54 Å². The first-order valence-corrected chi connectivity index (χ1v) is 7.42. The molecule has 1 fully saturated rings. The highest BCUT2D eigenvalue weighted by atomic mass is 16.4. The first-order valence-electron chi connectivity index (χ1n) is 7.42. The summed E-state index contributed by atoms with van der Waals surface area (Å²) in [5.41, 5.74) is -0.888. The molecule has 110 valence electrons. The van der Waals surface area contributed by atoms with E-state index in [2.05, 4.69) is 0 Å². The molecule has 0 spiro atoms. The summed E-state index contributed by atoms with van der Waals surface area (Å²) >= 11 is 0. The van der Waals surface area contributed by atoms with Gasteiger partial charge in [-0.3, -0.25) is 9.59 Å². The normalized spacial score (nSPS) is 16.6. The number of hydrogen-bond donors (Lipinski definition) is 1. The van der Waals surface area contributed by atoms with Crippen LogP contribution in [0.25, 0.3) is 0 Å². The number of nitrogens with zero attached hydrogens (tertiary/aromatic N) is 1. The van der Waals surface area contributed by atoms with Gasteiger partial charge in [0.1, 0.15) is 0 Å². The molecule has 1 rings (SSSR count). The molecular formula is C15H27NO3. The average molecular weight is 269 g/mol. The lowest BCUT2D eigenvalue weighted by Crippen LogP contribution is -2.39. The van der Waals surface area contributed by atoms with Crippen molar-refractivity contribution >= 4 is 11.9 Å². The molecule has 4 nitrogen and oxygen atoms in total. The summed E-state index contributed by atoms with van der Waals surface area (Å²) in [6, 6.07) is 0. The minimum atomic E-state index is -0.888. The molecule has 0 heterocycles. The van der Waals surface area contributed by atoms with Gasteiger partial charge in [0.2, 0.25) is 5.91 Å². The van der Waals surface area contributed by atoms with Crippen molar-refractivity contribution in [2.24, 2.45) is 11.3 Å². The quantitative estimate of drug-likeness (QED) is 0.773. The third kappa shape index (κ3) is 3.95. The van der Waals surface area contributed by atoms with Gasteiger partial charge < -0.3 is 10.0 Å². The van der Waals surface area contributed by atoms with Crippen molar-refractivity contribution < 1.29 is 14.7 Å². The summed E-state index contributed by atoms with van der Waals surface area (Å²) in [6.07, 6.45) is 6.04. The molecule has 1 aliphatic rings. The van der Waals surface area contributed by atoms with Crippen LogP contribution in [-0.4, -0.2) is 35.5 Å². The van der Waals surface area contributed by atoms with E-state index in [-0.39, 0.29) is 12.3 Å². The number of aliphatic carboxylic acids is 1. The van der Waals surface area contributed by atoms with Crippen LogP contribution < -0.4 is 0 Å². The van der Waals surface area contributed by atoms with Gasteiger partial charge in [0.15, 0.2) is 0 Å². The van der Waals surface area contributed by atoms with Gasteiger partial charge in [0, 0.05) is 20.0 Å². The van der Waals surface area contributed by atoms with E-state index in [1.165, 1.54) is 25.7 Å². The summed E-state index contributed by atoms with van der Waals surface area (Å²) in [5.74, 6) is -0.269. The van der Waals surface area contributed by atoms with Crippen LogP contribution in [0.15, 0.2) is 0 Å².